The normalized spacial score (nSPS) is 18.7. The summed E-state index contributed by atoms with van der Waals surface area (Å²) >= 11 is 0. The van der Waals surface area contributed by atoms with Crippen LogP contribution in [0.5, 0.6) is 0 Å². The molecule has 5 rings (SSSR count). The van der Waals surface area contributed by atoms with E-state index in [0.717, 1.165) is 0 Å². The molecule has 1 aromatic carbocycles. The number of fused-ring (bicyclic) bond motifs is 1. The summed E-state index contributed by atoms with van der Waals surface area (Å²) in [5.41, 5.74) is 5.07. The van der Waals surface area contributed by atoms with E-state index in [1.807, 2.05) is 6.07 Å². The van der Waals surface area contributed by atoms with Crippen LogP contribution in [0.4, 0.5) is 17.3 Å². The molecule has 4 aromatic rings. The number of amides is 2. The van der Waals surface area contributed by atoms with E-state index in [1.165, 1.54) is 34.8 Å². The van der Waals surface area contributed by atoms with Gasteiger partial charge in [0.15, 0.2) is 34.6 Å². The van der Waals surface area contributed by atoms with Gasteiger partial charge in [-0.2, -0.15) is 10.4 Å². The fourth-order valence-electron chi connectivity index (χ4n) is 3.83. The van der Waals surface area contributed by atoms with E-state index >= 15 is 0 Å². The van der Waals surface area contributed by atoms with Crippen LogP contribution in [0.2, 0.25) is 0 Å². The summed E-state index contributed by atoms with van der Waals surface area (Å²) < 4.78 is 12.1. The highest BCUT2D eigenvalue weighted by Crippen LogP contribution is 2.29. The van der Waals surface area contributed by atoms with E-state index in [-0.39, 0.29) is 30.5 Å². The minimum atomic E-state index is -1.88. The van der Waals surface area contributed by atoms with Crippen LogP contribution in [0.3, 0.4) is 0 Å². The third kappa shape index (κ3) is 3.87. The molecule has 0 bridgehead atoms. The van der Waals surface area contributed by atoms with E-state index in [2.05, 4.69) is 25.8 Å². The summed E-state index contributed by atoms with van der Waals surface area (Å²) in [6, 6.07) is 9.66. The molecule has 14 nitrogen and oxygen atoms in total. The van der Waals surface area contributed by atoms with E-state index < -0.39 is 23.5 Å². The van der Waals surface area contributed by atoms with Gasteiger partial charge in [-0.25, -0.2) is 4.68 Å². The zero-order chi connectivity index (χ0) is 25.4. The monoisotopic (exact) mass is 489 g/mol. The van der Waals surface area contributed by atoms with Crippen molar-refractivity contribution in [3.63, 3.8) is 0 Å². The van der Waals surface area contributed by atoms with Crippen molar-refractivity contribution in [3.8, 4) is 11.8 Å². The fourth-order valence-corrected chi connectivity index (χ4v) is 3.83. The smallest absolute Gasteiger partial charge is 0.263 e. The number of carbonyl (C=O) groups excluding carboxylic acids is 2. The molecule has 182 valence electrons. The predicted octanol–water partition coefficient (Wildman–Crippen LogP) is 0.379. The van der Waals surface area contributed by atoms with Gasteiger partial charge in [0.2, 0.25) is 0 Å². The number of aliphatic hydroxyl groups is 1. The first-order valence-electron chi connectivity index (χ1n) is 10.7. The Morgan fingerprint density at radius 2 is 2.19 bits per heavy atom. The average molecular weight is 489 g/mol. The van der Waals surface area contributed by atoms with Crippen molar-refractivity contribution in [1.29, 1.82) is 5.26 Å². The molecule has 14 heteroatoms. The van der Waals surface area contributed by atoms with Gasteiger partial charge in [-0.15, -0.1) is 10.2 Å². The van der Waals surface area contributed by atoms with Crippen molar-refractivity contribution in [1.82, 2.24) is 25.1 Å². The minimum absolute atomic E-state index is 0.0537. The second kappa shape index (κ2) is 8.73. The van der Waals surface area contributed by atoms with Crippen molar-refractivity contribution in [2.45, 2.75) is 18.6 Å². The number of carbonyl (C=O) groups is 2. The molecule has 0 saturated carbocycles. The number of rotatable bonds is 5. The lowest BCUT2D eigenvalue weighted by Crippen LogP contribution is -2.63. The molecular weight excluding hydrogens is 470 g/mol. The van der Waals surface area contributed by atoms with Gasteiger partial charge >= 0.3 is 0 Å². The molecule has 0 aliphatic carbocycles. The molecule has 1 aliphatic rings. The number of ether oxygens (including phenoxy) is 1. The SMILES string of the molecule is C[C@]1(C(O)C(=O)Nc2ccc3c(N)noc3c2)OCCN(c2ccn(-c3cnnc(C#N)c3)n2)C1=O. The summed E-state index contributed by atoms with van der Waals surface area (Å²) in [5.74, 6) is -1.02. The molecule has 4 N–H and O–H groups in total. The second-order valence-electron chi connectivity index (χ2n) is 8.11. The van der Waals surface area contributed by atoms with Gasteiger partial charge in [0.1, 0.15) is 6.07 Å². The summed E-state index contributed by atoms with van der Waals surface area (Å²) in [6.07, 6.45) is 1.16. The van der Waals surface area contributed by atoms with Crippen LogP contribution in [-0.2, 0) is 14.3 Å². The lowest BCUT2D eigenvalue weighted by molar-refractivity contribution is -0.170. The molecule has 4 heterocycles. The molecule has 1 saturated heterocycles. The lowest BCUT2D eigenvalue weighted by atomic mass is 9.94. The van der Waals surface area contributed by atoms with Crippen LogP contribution in [0, 0.1) is 11.3 Å². The number of nitrogen functional groups attached to an aromatic ring is 1. The van der Waals surface area contributed by atoms with Crippen molar-refractivity contribution < 1.29 is 24.0 Å². The molecule has 36 heavy (non-hydrogen) atoms. The number of hydrogen-bond acceptors (Lipinski definition) is 11. The Kier molecular flexibility index (Phi) is 5.55. The maximum Gasteiger partial charge on any atom is 0.263 e. The number of aromatic nitrogens is 5. The summed E-state index contributed by atoms with van der Waals surface area (Å²) in [6.45, 7) is 1.55. The predicted molar refractivity (Wildman–Crippen MR) is 124 cm³/mol. The number of nitrogens with zero attached hydrogens (tertiary/aromatic N) is 7. The van der Waals surface area contributed by atoms with Crippen molar-refractivity contribution in [2.24, 2.45) is 0 Å². The Morgan fingerprint density at radius 3 is 3.00 bits per heavy atom. The van der Waals surface area contributed by atoms with Gasteiger partial charge in [0.05, 0.1) is 30.4 Å². The van der Waals surface area contributed by atoms with Crippen LogP contribution in [0.25, 0.3) is 16.7 Å². The van der Waals surface area contributed by atoms with Gasteiger partial charge in [-0.3, -0.25) is 14.5 Å². The second-order valence-corrected chi connectivity index (χ2v) is 8.11. The third-order valence-corrected chi connectivity index (χ3v) is 5.79. The molecule has 1 aliphatic heterocycles. The minimum Gasteiger partial charge on any atom is -0.380 e. The van der Waals surface area contributed by atoms with Crippen molar-refractivity contribution >= 4 is 40.1 Å². The molecule has 1 unspecified atom stereocenters. The maximum absolute atomic E-state index is 13.4. The maximum atomic E-state index is 13.4. The molecule has 0 spiro atoms. The van der Waals surface area contributed by atoms with Crippen LogP contribution in [0.15, 0.2) is 47.2 Å². The summed E-state index contributed by atoms with van der Waals surface area (Å²) in [7, 11) is 0. The van der Waals surface area contributed by atoms with Crippen LogP contribution < -0.4 is 16.0 Å². The quantitative estimate of drug-likeness (QED) is 0.350. The van der Waals surface area contributed by atoms with E-state index in [0.29, 0.717) is 22.3 Å². The first kappa shape index (κ1) is 22.9. The molecule has 1 fully saturated rings. The molecular formula is C22H19N9O5. The lowest BCUT2D eigenvalue weighted by Gasteiger charge is -2.40. The molecule has 2 atom stereocenters. The summed E-state index contributed by atoms with van der Waals surface area (Å²) in [5, 5.41) is 38.5. The zero-order valence-electron chi connectivity index (χ0n) is 18.8. The summed E-state index contributed by atoms with van der Waals surface area (Å²) in [4.78, 5) is 27.6. The Labute approximate surface area is 202 Å². The Hall–Kier alpha value is -4.87. The molecule has 0 radical (unpaired) electrons. The number of anilines is 3. The van der Waals surface area contributed by atoms with Gasteiger partial charge in [0, 0.05) is 30.1 Å². The molecule has 3 aromatic heterocycles. The number of nitrogens with one attached hydrogen (secondary N) is 1. The first-order valence-corrected chi connectivity index (χ1v) is 10.7. The van der Waals surface area contributed by atoms with Gasteiger partial charge in [0.25, 0.3) is 11.8 Å². The fraction of sp³-hybridized carbons (Fsp3) is 0.227. The number of benzene rings is 1. The zero-order valence-corrected chi connectivity index (χ0v) is 18.8. The molecule has 2 amide bonds. The van der Waals surface area contributed by atoms with Gasteiger partial charge in [-0.1, -0.05) is 5.16 Å². The van der Waals surface area contributed by atoms with Crippen molar-refractivity contribution in [3.05, 3.63) is 48.4 Å². The number of nitriles is 1. The van der Waals surface area contributed by atoms with Crippen LogP contribution in [0.1, 0.15) is 12.6 Å². The Bertz CT molecular complexity index is 1520. The van der Waals surface area contributed by atoms with Crippen LogP contribution in [-0.4, -0.2) is 66.9 Å². The number of hydrogen-bond donors (Lipinski definition) is 3. The first-order chi connectivity index (χ1) is 17.3. The highest BCUT2D eigenvalue weighted by atomic mass is 16.5. The van der Waals surface area contributed by atoms with Crippen molar-refractivity contribution in [2.75, 3.05) is 29.1 Å². The third-order valence-electron chi connectivity index (χ3n) is 5.79. The van der Waals surface area contributed by atoms with E-state index in [9.17, 15) is 14.7 Å². The van der Waals surface area contributed by atoms with Gasteiger partial charge < -0.3 is 25.4 Å². The number of nitrogens with two attached hydrogens (primary N) is 1. The highest BCUT2D eigenvalue weighted by molar-refractivity contribution is 6.06. The number of aliphatic hydroxyl groups excluding tert-OH is 1. The van der Waals surface area contributed by atoms with Crippen LogP contribution >= 0.6 is 0 Å². The standard InChI is InChI=1S/C22H19N9O5/c1-22(18(32)20(33)26-12-2-3-15-16(9-12)36-29-19(15)24)21(34)30(6-7-35-22)17-4-5-31(28-17)14-8-13(10-23)27-25-11-14/h2-5,8-9,11,18,32H,6-7H2,1H3,(H2,24,29)(H,26,33)/t18?,22-/m1/s1. The highest BCUT2D eigenvalue weighted by Gasteiger charge is 2.51. The van der Waals surface area contributed by atoms with E-state index in [1.54, 1.807) is 24.4 Å². The average Bonchev–Trinajstić information content (AvgIpc) is 3.52. The van der Waals surface area contributed by atoms with E-state index in [4.69, 9.17) is 20.3 Å². The van der Waals surface area contributed by atoms with Gasteiger partial charge in [-0.05, 0) is 19.1 Å². The largest absolute Gasteiger partial charge is 0.380 e. The Morgan fingerprint density at radius 1 is 1.36 bits per heavy atom. The number of morpholine rings is 1. The Balaban J connectivity index is 1.34. The topological polar surface area (TPSA) is 198 Å².